The van der Waals surface area contributed by atoms with Gasteiger partial charge in [0.05, 0.1) is 6.54 Å². The maximum atomic E-state index is 12.0. The predicted octanol–water partition coefficient (Wildman–Crippen LogP) is 2.38. The molecule has 21 heavy (non-hydrogen) atoms. The van der Waals surface area contributed by atoms with E-state index in [1.807, 2.05) is 11.8 Å². The number of rotatable bonds is 5. The Morgan fingerprint density at radius 2 is 2.24 bits per heavy atom. The van der Waals surface area contributed by atoms with Crippen LogP contribution in [-0.4, -0.2) is 41.5 Å². The van der Waals surface area contributed by atoms with Gasteiger partial charge in [0.1, 0.15) is 0 Å². The summed E-state index contributed by atoms with van der Waals surface area (Å²) in [6, 6.07) is 5.33. The molecule has 114 valence electrons. The maximum Gasteiger partial charge on any atom is 0.303 e. The van der Waals surface area contributed by atoms with Crippen LogP contribution < -0.4 is 5.32 Å². The summed E-state index contributed by atoms with van der Waals surface area (Å²) in [5, 5.41) is 12.3. The van der Waals surface area contributed by atoms with E-state index in [1.165, 1.54) is 0 Å². The van der Waals surface area contributed by atoms with E-state index >= 15 is 0 Å². The van der Waals surface area contributed by atoms with Crippen molar-refractivity contribution in [3.05, 3.63) is 28.8 Å². The number of benzene rings is 1. The molecule has 1 heterocycles. The monoisotopic (exact) mass is 310 g/mol. The first-order chi connectivity index (χ1) is 9.94. The molecule has 0 bridgehead atoms. The van der Waals surface area contributed by atoms with Crippen molar-refractivity contribution in [2.24, 2.45) is 5.92 Å². The van der Waals surface area contributed by atoms with E-state index in [-0.39, 0.29) is 24.8 Å². The molecule has 1 aliphatic rings. The molecule has 0 aromatic heterocycles. The van der Waals surface area contributed by atoms with Crippen LogP contribution in [0.15, 0.2) is 18.2 Å². The van der Waals surface area contributed by atoms with Gasteiger partial charge in [-0.15, -0.1) is 0 Å². The fraction of sp³-hybridized carbons (Fsp3) is 0.467. The minimum atomic E-state index is -0.775. The lowest BCUT2D eigenvalue weighted by Gasteiger charge is -2.16. The smallest absolute Gasteiger partial charge is 0.303 e. The van der Waals surface area contributed by atoms with Gasteiger partial charge in [0, 0.05) is 23.7 Å². The van der Waals surface area contributed by atoms with Crippen molar-refractivity contribution in [1.82, 2.24) is 4.90 Å². The number of hydrogen-bond donors (Lipinski definition) is 2. The Bertz CT molecular complexity index is 548. The Balaban J connectivity index is 1.84. The second-order valence-electron chi connectivity index (χ2n) is 5.50. The summed E-state index contributed by atoms with van der Waals surface area (Å²) >= 11 is 5.88. The van der Waals surface area contributed by atoms with Crippen molar-refractivity contribution >= 4 is 29.2 Å². The molecule has 2 N–H and O–H groups in total. The Kier molecular flexibility index (Phi) is 5.20. The summed E-state index contributed by atoms with van der Waals surface area (Å²) in [5.41, 5.74) is 1.67. The molecule has 1 aliphatic heterocycles. The molecule has 0 radical (unpaired) electrons. The number of likely N-dealkylation sites (tertiary alicyclic amines) is 1. The first kappa shape index (κ1) is 15.8. The molecular weight excluding hydrogens is 292 g/mol. The van der Waals surface area contributed by atoms with Crippen molar-refractivity contribution in [2.75, 3.05) is 25.0 Å². The summed E-state index contributed by atoms with van der Waals surface area (Å²) in [7, 11) is 0. The third kappa shape index (κ3) is 4.72. The first-order valence-electron chi connectivity index (χ1n) is 6.94. The van der Waals surface area contributed by atoms with Crippen molar-refractivity contribution < 1.29 is 14.7 Å². The van der Waals surface area contributed by atoms with Gasteiger partial charge in [-0.1, -0.05) is 11.6 Å². The number of aryl methyl sites for hydroxylation is 1. The van der Waals surface area contributed by atoms with E-state index in [2.05, 4.69) is 5.32 Å². The van der Waals surface area contributed by atoms with Crippen LogP contribution in [0.5, 0.6) is 0 Å². The van der Waals surface area contributed by atoms with E-state index in [9.17, 15) is 9.59 Å². The molecule has 2 rings (SSSR count). The van der Waals surface area contributed by atoms with Gasteiger partial charge in [-0.2, -0.15) is 0 Å². The molecule has 0 saturated carbocycles. The van der Waals surface area contributed by atoms with Crippen molar-refractivity contribution in [1.29, 1.82) is 0 Å². The molecule has 1 fully saturated rings. The van der Waals surface area contributed by atoms with Crippen LogP contribution in [0.1, 0.15) is 18.4 Å². The third-order valence-electron chi connectivity index (χ3n) is 3.66. The summed E-state index contributed by atoms with van der Waals surface area (Å²) in [4.78, 5) is 24.7. The van der Waals surface area contributed by atoms with Gasteiger partial charge in [0.2, 0.25) is 5.91 Å². The second-order valence-corrected chi connectivity index (χ2v) is 5.93. The zero-order chi connectivity index (χ0) is 15.4. The van der Waals surface area contributed by atoms with Crippen LogP contribution in [0.25, 0.3) is 0 Å². The Labute approximate surface area is 128 Å². The lowest BCUT2D eigenvalue weighted by Crippen LogP contribution is -2.32. The van der Waals surface area contributed by atoms with Gasteiger partial charge in [0.15, 0.2) is 0 Å². The highest BCUT2D eigenvalue weighted by Gasteiger charge is 2.25. The number of hydrogen-bond acceptors (Lipinski definition) is 3. The Hall–Kier alpha value is -1.59. The Morgan fingerprint density at radius 1 is 1.48 bits per heavy atom. The molecule has 1 unspecified atom stereocenters. The van der Waals surface area contributed by atoms with E-state index in [0.717, 1.165) is 24.2 Å². The fourth-order valence-corrected chi connectivity index (χ4v) is 2.86. The maximum absolute atomic E-state index is 12.0. The number of carbonyl (C=O) groups excluding carboxylic acids is 1. The highest BCUT2D eigenvalue weighted by molar-refractivity contribution is 6.30. The number of halogens is 1. The first-order valence-corrected chi connectivity index (χ1v) is 7.32. The average molecular weight is 311 g/mol. The number of aliphatic carboxylic acids is 1. The van der Waals surface area contributed by atoms with Gasteiger partial charge >= 0.3 is 5.97 Å². The summed E-state index contributed by atoms with van der Waals surface area (Å²) in [5.74, 6) is -0.716. The lowest BCUT2D eigenvalue weighted by molar-refractivity contribution is -0.138. The number of nitrogens with one attached hydrogen (secondary N) is 1. The van der Waals surface area contributed by atoms with Crippen molar-refractivity contribution in [3.8, 4) is 0 Å². The molecule has 6 heteroatoms. The zero-order valence-electron chi connectivity index (χ0n) is 11.9. The number of amides is 1. The van der Waals surface area contributed by atoms with Gasteiger partial charge in [0.25, 0.3) is 0 Å². The van der Waals surface area contributed by atoms with E-state index in [4.69, 9.17) is 16.7 Å². The van der Waals surface area contributed by atoms with Gasteiger partial charge < -0.3 is 10.4 Å². The lowest BCUT2D eigenvalue weighted by atomic mass is 10.1. The van der Waals surface area contributed by atoms with Crippen molar-refractivity contribution in [2.45, 2.75) is 19.8 Å². The zero-order valence-corrected chi connectivity index (χ0v) is 12.7. The molecule has 1 atom stereocenters. The molecule has 0 aliphatic carbocycles. The van der Waals surface area contributed by atoms with Crippen LogP contribution in [0.2, 0.25) is 5.02 Å². The topological polar surface area (TPSA) is 69.6 Å². The van der Waals surface area contributed by atoms with Gasteiger partial charge in [-0.3, -0.25) is 14.5 Å². The Morgan fingerprint density at radius 3 is 2.90 bits per heavy atom. The molecule has 1 saturated heterocycles. The minimum Gasteiger partial charge on any atom is -0.481 e. The molecular formula is C15H19ClN2O3. The highest BCUT2D eigenvalue weighted by Crippen LogP contribution is 2.21. The predicted molar refractivity (Wildman–Crippen MR) is 81.6 cm³/mol. The fourth-order valence-electron chi connectivity index (χ4n) is 2.63. The highest BCUT2D eigenvalue weighted by atomic mass is 35.5. The number of nitrogens with zero attached hydrogens (tertiary/aromatic N) is 1. The van der Waals surface area contributed by atoms with Crippen LogP contribution in [0.3, 0.4) is 0 Å². The number of anilines is 1. The largest absolute Gasteiger partial charge is 0.481 e. The quantitative estimate of drug-likeness (QED) is 0.876. The minimum absolute atomic E-state index is 0.0867. The van der Waals surface area contributed by atoms with Crippen molar-refractivity contribution in [3.63, 3.8) is 0 Å². The average Bonchev–Trinajstić information content (AvgIpc) is 2.79. The molecule has 1 amide bonds. The van der Waals surface area contributed by atoms with Crippen LogP contribution in [-0.2, 0) is 9.59 Å². The summed E-state index contributed by atoms with van der Waals surface area (Å²) < 4.78 is 0. The van der Waals surface area contributed by atoms with Crippen LogP contribution in [0.4, 0.5) is 5.69 Å². The third-order valence-corrected chi connectivity index (χ3v) is 3.90. The normalized spacial score (nSPS) is 18.7. The SMILES string of the molecule is Cc1cc(Cl)ccc1NC(=O)CN1CCC(CC(=O)O)C1. The number of carboxylic acids is 1. The van der Waals surface area contributed by atoms with Gasteiger partial charge in [-0.25, -0.2) is 0 Å². The summed E-state index contributed by atoms with van der Waals surface area (Å²) in [6.07, 6.45) is 1.01. The van der Waals surface area contributed by atoms with Gasteiger partial charge in [-0.05, 0) is 49.6 Å². The van der Waals surface area contributed by atoms with Crippen LogP contribution >= 0.6 is 11.6 Å². The number of carbonyl (C=O) groups is 2. The molecule has 1 aromatic carbocycles. The van der Waals surface area contributed by atoms with E-state index in [0.29, 0.717) is 11.6 Å². The number of carboxylic acid groups (broad SMARTS) is 1. The second kappa shape index (κ2) is 6.91. The van der Waals surface area contributed by atoms with Crippen LogP contribution in [0, 0.1) is 12.8 Å². The van der Waals surface area contributed by atoms with E-state index < -0.39 is 5.97 Å². The molecule has 5 nitrogen and oxygen atoms in total. The molecule has 1 aromatic rings. The molecule has 0 spiro atoms. The summed E-state index contributed by atoms with van der Waals surface area (Å²) in [6.45, 7) is 3.61. The van der Waals surface area contributed by atoms with E-state index in [1.54, 1.807) is 18.2 Å². The standard InChI is InChI=1S/C15H19ClN2O3/c1-10-6-12(16)2-3-13(10)17-14(19)9-18-5-4-11(8-18)7-15(20)21/h2-3,6,11H,4-5,7-9H2,1H3,(H,17,19)(H,20,21).